The second-order valence-electron chi connectivity index (χ2n) is 4.07. The first-order valence-corrected chi connectivity index (χ1v) is 5.42. The standard InChI is InChI=1S/C10H15N3O3/c1-6-12-9(16-13-6)4-5-11-8-3-2-7(8)10(14)15/h7-8,11H,2-5H2,1H3,(H,14,15). The molecule has 0 saturated heterocycles. The van der Waals surface area contributed by atoms with Gasteiger partial charge in [0.2, 0.25) is 5.89 Å². The van der Waals surface area contributed by atoms with Gasteiger partial charge in [0.25, 0.3) is 0 Å². The molecule has 1 aromatic heterocycles. The molecular weight excluding hydrogens is 210 g/mol. The molecule has 1 saturated carbocycles. The van der Waals surface area contributed by atoms with Gasteiger partial charge in [0.05, 0.1) is 5.92 Å². The summed E-state index contributed by atoms with van der Waals surface area (Å²) in [6.45, 7) is 2.45. The Balaban J connectivity index is 1.70. The number of rotatable bonds is 5. The van der Waals surface area contributed by atoms with Crippen LogP contribution in [0.3, 0.4) is 0 Å². The van der Waals surface area contributed by atoms with Crippen LogP contribution >= 0.6 is 0 Å². The molecule has 1 aliphatic rings. The predicted octanol–water partition coefficient (Wildman–Crippen LogP) is 0.373. The lowest BCUT2D eigenvalue weighted by atomic mass is 9.79. The van der Waals surface area contributed by atoms with Crippen molar-refractivity contribution in [2.45, 2.75) is 32.2 Å². The summed E-state index contributed by atoms with van der Waals surface area (Å²) < 4.78 is 4.95. The molecule has 1 aliphatic carbocycles. The average Bonchev–Trinajstić information content (AvgIpc) is 2.56. The Morgan fingerprint density at radius 2 is 2.44 bits per heavy atom. The highest BCUT2D eigenvalue weighted by Gasteiger charge is 2.35. The van der Waals surface area contributed by atoms with Crippen molar-refractivity contribution in [3.63, 3.8) is 0 Å². The van der Waals surface area contributed by atoms with Gasteiger partial charge in [-0.2, -0.15) is 4.98 Å². The molecule has 16 heavy (non-hydrogen) atoms. The van der Waals surface area contributed by atoms with Gasteiger partial charge >= 0.3 is 5.97 Å². The Morgan fingerprint density at radius 3 is 2.94 bits per heavy atom. The van der Waals surface area contributed by atoms with Crippen LogP contribution in [0.4, 0.5) is 0 Å². The second kappa shape index (κ2) is 4.61. The first-order chi connectivity index (χ1) is 7.66. The van der Waals surface area contributed by atoms with E-state index in [1.54, 1.807) is 6.92 Å². The van der Waals surface area contributed by atoms with Crippen LogP contribution in [-0.4, -0.2) is 33.8 Å². The number of aromatic nitrogens is 2. The summed E-state index contributed by atoms with van der Waals surface area (Å²) in [7, 11) is 0. The molecule has 6 heteroatoms. The van der Waals surface area contributed by atoms with Crippen molar-refractivity contribution in [2.75, 3.05) is 6.54 Å². The molecule has 0 bridgehead atoms. The minimum absolute atomic E-state index is 0.0986. The van der Waals surface area contributed by atoms with Gasteiger partial charge in [0.15, 0.2) is 5.82 Å². The van der Waals surface area contributed by atoms with Crippen molar-refractivity contribution < 1.29 is 14.4 Å². The van der Waals surface area contributed by atoms with Crippen molar-refractivity contribution in [1.29, 1.82) is 0 Å². The molecule has 2 rings (SSSR count). The summed E-state index contributed by atoms with van der Waals surface area (Å²) in [6.07, 6.45) is 2.34. The molecule has 0 aromatic carbocycles. The molecule has 1 heterocycles. The third kappa shape index (κ3) is 2.38. The molecule has 2 N–H and O–H groups in total. The number of hydrogen-bond donors (Lipinski definition) is 2. The van der Waals surface area contributed by atoms with Crippen LogP contribution in [0.2, 0.25) is 0 Å². The minimum atomic E-state index is -0.711. The van der Waals surface area contributed by atoms with Crippen molar-refractivity contribution in [3.8, 4) is 0 Å². The largest absolute Gasteiger partial charge is 0.481 e. The molecule has 2 atom stereocenters. The molecule has 1 aromatic rings. The Labute approximate surface area is 93.0 Å². The predicted molar refractivity (Wildman–Crippen MR) is 54.9 cm³/mol. The topological polar surface area (TPSA) is 88.2 Å². The van der Waals surface area contributed by atoms with Crippen LogP contribution in [0.1, 0.15) is 24.6 Å². The van der Waals surface area contributed by atoms with E-state index in [0.717, 1.165) is 12.8 Å². The lowest BCUT2D eigenvalue weighted by Gasteiger charge is -2.33. The van der Waals surface area contributed by atoms with Crippen molar-refractivity contribution in [1.82, 2.24) is 15.5 Å². The van der Waals surface area contributed by atoms with Crippen LogP contribution in [0.5, 0.6) is 0 Å². The van der Waals surface area contributed by atoms with Gasteiger partial charge < -0.3 is 14.9 Å². The summed E-state index contributed by atoms with van der Waals surface area (Å²) >= 11 is 0. The summed E-state index contributed by atoms with van der Waals surface area (Å²) in [4.78, 5) is 14.8. The van der Waals surface area contributed by atoms with Crippen LogP contribution in [0, 0.1) is 12.8 Å². The highest BCUT2D eigenvalue weighted by molar-refractivity contribution is 5.72. The summed E-state index contributed by atoms with van der Waals surface area (Å²) in [5, 5.41) is 15.7. The molecular formula is C10H15N3O3. The zero-order valence-corrected chi connectivity index (χ0v) is 9.14. The maximum Gasteiger partial charge on any atom is 0.308 e. The quantitative estimate of drug-likeness (QED) is 0.752. The molecule has 0 radical (unpaired) electrons. The number of carbonyl (C=O) groups is 1. The van der Waals surface area contributed by atoms with Gasteiger partial charge in [0, 0.05) is 19.0 Å². The number of aliphatic carboxylic acids is 1. The number of aryl methyl sites for hydroxylation is 1. The van der Waals surface area contributed by atoms with E-state index in [0.29, 0.717) is 24.7 Å². The Kier molecular flexibility index (Phi) is 3.19. The van der Waals surface area contributed by atoms with Crippen LogP contribution in [-0.2, 0) is 11.2 Å². The third-order valence-corrected chi connectivity index (χ3v) is 2.91. The van der Waals surface area contributed by atoms with E-state index < -0.39 is 5.97 Å². The average molecular weight is 225 g/mol. The summed E-state index contributed by atoms with van der Waals surface area (Å²) in [5.74, 6) is 0.278. The van der Waals surface area contributed by atoms with Gasteiger partial charge in [-0.1, -0.05) is 5.16 Å². The van der Waals surface area contributed by atoms with Gasteiger partial charge in [-0.05, 0) is 19.8 Å². The zero-order valence-electron chi connectivity index (χ0n) is 9.14. The van der Waals surface area contributed by atoms with Crippen LogP contribution in [0.25, 0.3) is 0 Å². The third-order valence-electron chi connectivity index (χ3n) is 2.91. The SMILES string of the molecule is Cc1noc(CCNC2CCC2C(=O)O)n1. The fraction of sp³-hybridized carbons (Fsp3) is 0.700. The molecule has 0 aliphatic heterocycles. The van der Waals surface area contributed by atoms with E-state index in [1.165, 1.54) is 0 Å². The minimum Gasteiger partial charge on any atom is -0.481 e. The molecule has 0 amide bonds. The summed E-state index contributed by atoms with van der Waals surface area (Å²) in [6, 6.07) is 0.0986. The molecule has 1 fully saturated rings. The van der Waals surface area contributed by atoms with E-state index in [-0.39, 0.29) is 12.0 Å². The zero-order chi connectivity index (χ0) is 11.5. The monoisotopic (exact) mass is 225 g/mol. The normalized spacial score (nSPS) is 24.1. The van der Waals surface area contributed by atoms with Gasteiger partial charge in [-0.15, -0.1) is 0 Å². The maximum atomic E-state index is 10.7. The first-order valence-electron chi connectivity index (χ1n) is 5.42. The Bertz CT molecular complexity index is 377. The molecule has 0 spiro atoms. The van der Waals surface area contributed by atoms with E-state index in [1.807, 2.05) is 0 Å². The molecule has 88 valence electrons. The number of carboxylic acid groups (broad SMARTS) is 1. The van der Waals surface area contributed by atoms with E-state index in [2.05, 4.69) is 15.5 Å². The first kappa shape index (κ1) is 11.1. The van der Waals surface area contributed by atoms with Gasteiger partial charge in [-0.25, -0.2) is 0 Å². The smallest absolute Gasteiger partial charge is 0.308 e. The van der Waals surface area contributed by atoms with Crippen molar-refractivity contribution in [3.05, 3.63) is 11.7 Å². The second-order valence-corrected chi connectivity index (χ2v) is 4.07. The Morgan fingerprint density at radius 1 is 1.62 bits per heavy atom. The highest BCUT2D eigenvalue weighted by atomic mass is 16.5. The molecule has 6 nitrogen and oxygen atoms in total. The van der Waals surface area contributed by atoms with Crippen LogP contribution < -0.4 is 5.32 Å². The van der Waals surface area contributed by atoms with Gasteiger partial charge in [0.1, 0.15) is 0 Å². The highest BCUT2D eigenvalue weighted by Crippen LogP contribution is 2.27. The van der Waals surface area contributed by atoms with E-state index in [9.17, 15) is 4.79 Å². The van der Waals surface area contributed by atoms with E-state index in [4.69, 9.17) is 9.63 Å². The lowest BCUT2D eigenvalue weighted by Crippen LogP contribution is -2.48. The Hall–Kier alpha value is -1.43. The number of hydrogen-bond acceptors (Lipinski definition) is 5. The van der Waals surface area contributed by atoms with Crippen LogP contribution in [0.15, 0.2) is 4.52 Å². The lowest BCUT2D eigenvalue weighted by molar-refractivity contribution is -0.146. The summed E-state index contributed by atoms with van der Waals surface area (Å²) in [5.41, 5.74) is 0. The number of carboxylic acids is 1. The number of nitrogens with one attached hydrogen (secondary N) is 1. The van der Waals surface area contributed by atoms with E-state index >= 15 is 0 Å². The van der Waals surface area contributed by atoms with Crippen molar-refractivity contribution >= 4 is 5.97 Å². The molecule has 2 unspecified atom stereocenters. The van der Waals surface area contributed by atoms with Crippen molar-refractivity contribution in [2.24, 2.45) is 5.92 Å². The fourth-order valence-electron chi connectivity index (χ4n) is 1.85. The number of nitrogens with zero attached hydrogens (tertiary/aromatic N) is 2. The maximum absolute atomic E-state index is 10.7. The fourth-order valence-corrected chi connectivity index (χ4v) is 1.85. The van der Waals surface area contributed by atoms with Gasteiger partial charge in [-0.3, -0.25) is 4.79 Å².